The number of aryl methyl sites for hydroxylation is 1. The van der Waals surface area contributed by atoms with Crippen LogP contribution in [0.15, 0.2) is 41.5 Å². The predicted octanol–water partition coefficient (Wildman–Crippen LogP) is 2.19. The molecule has 2 rings (SSSR count). The van der Waals surface area contributed by atoms with Gasteiger partial charge in [0.1, 0.15) is 11.5 Å². The van der Waals surface area contributed by atoms with Crippen molar-refractivity contribution in [2.45, 2.75) is 6.92 Å². The van der Waals surface area contributed by atoms with Crippen LogP contribution in [-0.4, -0.2) is 9.55 Å². The molecule has 0 amide bonds. The quantitative estimate of drug-likeness (QED) is 0.691. The van der Waals surface area contributed by atoms with Crippen molar-refractivity contribution in [2.75, 3.05) is 0 Å². The molecular formula is C11H9ClN2O. The first-order valence-electron chi connectivity index (χ1n) is 4.48. The highest BCUT2D eigenvalue weighted by atomic mass is 35.5. The SMILES string of the molecule is Cc1cccc(-n2cnc(=O)cc2Cl)c1. The summed E-state index contributed by atoms with van der Waals surface area (Å²) >= 11 is 5.94. The maximum absolute atomic E-state index is 10.9. The molecule has 0 saturated carbocycles. The van der Waals surface area contributed by atoms with Crippen LogP contribution < -0.4 is 5.56 Å². The third-order valence-electron chi connectivity index (χ3n) is 2.05. The first kappa shape index (κ1) is 9.93. The van der Waals surface area contributed by atoms with Crippen LogP contribution in [0.25, 0.3) is 5.69 Å². The Balaban J connectivity index is 2.59. The minimum absolute atomic E-state index is 0.330. The van der Waals surface area contributed by atoms with Gasteiger partial charge in [0, 0.05) is 11.8 Å². The molecule has 3 nitrogen and oxygen atoms in total. The standard InChI is InChI=1S/C11H9ClN2O/c1-8-3-2-4-9(5-8)14-7-13-11(15)6-10(14)12/h2-7H,1H3. The lowest BCUT2D eigenvalue weighted by Gasteiger charge is -2.07. The molecule has 0 radical (unpaired) electrons. The molecule has 4 heteroatoms. The number of aromatic nitrogens is 2. The molecule has 0 aliphatic heterocycles. The fourth-order valence-electron chi connectivity index (χ4n) is 1.35. The molecule has 1 aromatic heterocycles. The highest BCUT2D eigenvalue weighted by Gasteiger charge is 2.01. The van der Waals surface area contributed by atoms with E-state index in [1.54, 1.807) is 4.57 Å². The molecule has 0 N–H and O–H groups in total. The number of hydrogen-bond donors (Lipinski definition) is 0. The molecule has 0 fully saturated rings. The summed E-state index contributed by atoms with van der Waals surface area (Å²) in [5.41, 5.74) is 1.69. The van der Waals surface area contributed by atoms with Gasteiger partial charge in [-0.1, -0.05) is 23.7 Å². The van der Waals surface area contributed by atoms with E-state index < -0.39 is 0 Å². The summed E-state index contributed by atoms with van der Waals surface area (Å²) in [5, 5.41) is 0.362. The molecule has 0 spiro atoms. The fourth-order valence-corrected chi connectivity index (χ4v) is 1.58. The number of halogens is 1. The van der Waals surface area contributed by atoms with Gasteiger partial charge in [-0.2, -0.15) is 4.98 Å². The first-order valence-corrected chi connectivity index (χ1v) is 4.86. The number of hydrogen-bond acceptors (Lipinski definition) is 2. The van der Waals surface area contributed by atoms with Gasteiger partial charge in [0.15, 0.2) is 0 Å². The second-order valence-electron chi connectivity index (χ2n) is 3.26. The van der Waals surface area contributed by atoms with Crippen molar-refractivity contribution in [2.24, 2.45) is 0 Å². The monoisotopic (exact) mass is 220 g/mol. The zero-order valence-corrected chi connectivity index (χ0v) is 8.90. The van der Waals surface area contributed by atoms with Gasteiger partial charge < -0.3 is 0 Å². The van der Waals surface area contributed by atoms with Gasteiger partial charge in [0.25, 0.3) is 5.56 Å². The maximum Gasteiger partial charge on any atom is 0.274 e. The van der Waals surface area contributed by atoms with Crippen LogP contribution in [-0.2, 0) is 0 Å². The molecule has 0 saturated heterocycles. The molecule has 0 aliphatic rings. The van der Waals surface area contributed by atoms with E-state index in [0.29, 0.717) is 5.15 Å². The number of benzene rings is 1. The third kappa shape index (κ3) is 2.07. The van der Waals surface area contributed by atoms with Crippen LogP contribution >= 0.6 is 11.6 Å². The lowest BCUT2D eigenvalue weighted by Crippen LogP contribution is -2.09. The molecule has 15 heavy (non-hydrogen) atoms. The van der Waals surface area contributed by atoms with Crippen molar-refractivity contribution in [3.05, 3.63) is 57.7 Å². The van der Waals surface area contributed by atoms with E-state index in [1.165, 1.54) is 12.4 Å². The number of rotatable bonds is 1. The lowest BCUT2D eigenvalue weighted by atomic mass is 10.2. The van der Waals surface area contributed by atoms with Crippen molar-refractivity contribution in [3.8, 4) is 5.69 Å². The van der Waals surface area contributed by atoms with E-state index >= 15 is 0 Å². The van der Waals surface area contributed by atoms with E-state index in [4.69, 9.17) is 11.6 Å². The largest absolute Gasteiger partial charge is 0.291 e. The minimum atomic E-state index is -0.330. The summed E-state index contributed by atoms with van der Waals surface area (Å²) < 4.78 is 1.66. The van der Waals surface area contributed by atoms with Gasteiger partial charge in [0.05, 0.1) is 0 Å². The van der Waals surface area contributed by atoms with Crippen LogP contribution in [0.4, 0.5) is 0 Å². The van der Waals surface area contributed by atoms with Crippen molar-refractivity contribution in [3.63, 3.8) is 0 Å². The molecule has 0 atom stereocenters. The summed E-state index contributed by atoms with van der Waals surface area (Å²) in [7, 11) is 0. The Kier molecular flexibility index (Phi) is 2.56. The summed E-state index contributed by atoms with van der Waals surface area (Å²) in [5.74, 6) is 0. The zero-order chi connectivity index (χ0) is 10.8. The number of nitrogens with zero attached hydrogens (tertiary/aromatic N) is 2. The average Bonchev–Trinajstić information content (AvgIpc) is 2.17. The molecule has 0 bridgehead atoms. The van der Waals surface area contributed by atoms with Gasteiger partial charge in [-0.3, -0.25) is 9.36 Å². The van der Waals surface area contributed by atoms with Gasteiger partial charge in [-0.05, 0) is 24.6 Å². The van der Waals surface area contributed by atoms with E-state index in [0.717, 1.165) is 11.3 Å². The van der Waals surface area contributed by atoms with Crippen molar-refractivity contribution < 1.29 is 0 Å². The summed E-state index contributed by atoms with van der Waals surface area (Å²) in [6.45, 7) is 1.99. The van der Waals surface area contributed by atoms with Crippen LogP contribution in [0.5, 0.6) is 0 Å². The highest BCUT2D eigenvalue weighted by molar-refractivity contribution is 6.29. The smallest absolute Gasteiger partial charge is 0.274 e. The zero-order valence-electron chi connectivity index (χ0n) is 8.14. The van der Waals surface area contributed by atoms with Crippen LogP contribution in [0.3, 0.4) is 0 Å². The summed E-state index contributed by atoms with van der Waals surface area (Å²) in [6.07, 6.45) is 1.43. The Morgan fingerprint density at radius 2 is 2.13 bits per heavy atom. The Labute approximate surface area is 92.0 Å². The second kappa shape index (κ2) is 3.87. The molecule has 0 aliphatic carbocycles. The van der Waals surface area contributed by atoms with Crippen molar-refractivity contribution in [1.82, 2.24) is 9.55 Å². The first-order chi connectivity index (χ1) is 7.16. The molecule has 0 unspecified atom stereocenters. The summed E-state index contributed by atoms with van der Waals surface area (Å²) in [6, 6.07) is 9.10. The predicted molar refractivity (Wildman–Crippen MR) is 59.6 cm³/mol. The van der Waals surface area contributed by atoms with E-state index in [9.17, 15) is 4.79 Å². The normalized spacial score (nSPS) is 10.3. The average molecular weight is 221 g/mol. The lowest BCUT2D eigenvalue weighted by molar-refractivity contribution is 0.961. The van der Waals surface area contributed by atoms with Gasteiger partial charge >= 0.3 is 0 Å². The Hall–Kier alpha value is -1.61. The van der Waals surface area contributed by atoms with E-state index in [2.05, 4.69) is 4.98 Å². The van der Waals surface area contributed by atoms with Crippen LogP contribution in [0.1, 0.15) is 5.56 Å². The third-order valence-corrected chi connectivity index (χ3v) is 2.34. The highest BCUT2D eigenvalue weighted by Crippen LogP contribution is 2.14. The van der Waals surface area contributed by atoms with E-state index in [1.807, 2.05) is 31.2 Å². The van der Waals surface area contributed by atoms with Gasteiger partial charge in [0.2, 0.25) is 0 Å². The summed E-state index contributed by atoms with van der Waals surface area (Å²) in [4.78, 5) is 14.6. The van der Waals surface area contributed by atoms with Crippen LogP contribution in [0, 0.1) is 6.92 Å². The van der Waals surface area contributed by atoms with Gasteiger partial charge in [-0.25, -0.2) is 0 Å². The maximum atomic E-state index is 10.9. The molecule has 1 aromatic carbocycles. The van der Waals surface area contributed by atoms with Crippen molar-refractivity contribution >= 4 is 11.6 Å². The molecule has 1 heterocycles. The fraction of sp³-hybridized carbons (Fsp3) is 0.0909. The van der Waals surface area contributed by atoms with Crippen molar-refractivity contribution in [1.29, 1.82) is 0 Å². The van der Waals surface area contributed by atoms with Gasteiger partial charge in [-0.15, -0.1) is 0 Å². The molecular weight excluding hydrogens is 212 g/mol. The molecule has 76 valence electrons. The second-order valence-corrected chi connectivity index (χ2v) is 3.65. The topological polar surface area (TPSA) is 34.9 Å². The molecule has 2 aromatic rings. The van der Waals surface area contributed by atoms with E-state index in [-0.39, 0.29) is 5.56 Å². The minimum Gasteiger partial charge on any atom is -0.291 e. The van der Waals surface area contributed by atoms with Crippen LogP contribution in [0.2, 0.25) is 5.15 Å². The Bertz CT molecular complexity index is 548. The Morgan fingerprint density at radius 3 is 2.80 bits per heavy atom. The Morgan fingerprint density at radius 1 is 1.33 bits per heavy atom.